The zero-order valence-corrected chi connectivity index (χ0v) is 13.1. The molecule has 2 heterocycles. The predicted octanol–water partition coefficient (Wildman–Crippen LogP) is 2.77. The van der Waals surface area contributed by atoms with Crippen LogP contribution in [0.1, 0.15) is 36.6 Å². The number of hydrogen-bond donors (Lipinski definition) is 1. The van der Waals surface area contributed by atoms with Crippen LogP contribution >= 0.6 is 0 Å². The summed E-state index contributed by atoms with van der Waals surface area (Å²) in [6.07, 6.45) is 6.26. The van der Waals surface area contributed by atoms with Crippen molar-refractivity contribution in [2.75, 3.05) is 5.32 Å². The van der Waals surface area contributed by atoms with E-state index in [-0.39, 0.29) is 12.3 Å². The molecule has 1 amide bonds. The molecule has 1 saturated carbocycles. The normalized spacial score (nSPS) is 18.3. The van der Waals surface area contributed by atoms with Crippen LogP contribution in [0.5, 0.6) is 0 Å². The number of amides is 1. The van der Waals surface area contributed by atoms with E-state index in [1.165, 1.54) is 0 Å². The number of allylic oxidation sites excluding steroid dienone is 2. The summed E-state index contributed by atoms with van der Waals surface area (Å²) >= 11 is 0. The summed E-state index contributed by atoms with van der Waals surface area (Å²) in [7, 11) is 0. The van der Waals surface area contributed by atoms with Crippen molar-refractivity contribution in [2.45, 2.75) is 31.6 Å². The van der Waals surface area contributed by atoms with Crippen LogP contribution in [0.3, 0.4) is 0 Å². The van der Waals surface area contributed by atoms with Crippen molar-refractivity contribution in [1.29, 1.82) is 5.26 Å². The largest absolute Gasteiger partial charge is 0.309 e. The van der Waals surface area contributed by atoms with E-state index in [1.54, 1.807) is 24.4 Å². The quantitative estimate of drug-likeness (QED) is 0.875. The maximum absolute atomic E-state index is 12.0. The number of rotatable bonds is 4. The lowest BCUT2D eigenvalue weighted by molar-refractivity contribution is -0.115. The number of nitrogens with zero attached hydrogens (tertiary/aromatic N) is 4. The van der Waals surface area contributed by atoms with Gasteiger partial charge in [0, 0.05) is 23.9 Å². The number of carbonyl (C=O) groups excluding carboxylic acids is 1. The van der Waals surface area contributed by atoms with Crippen molar-refractivity contribution < 1.29 is 4.79 Å². The van der Waals surface area contributed by atoms with Gasteiger partial charge in [0.15, 0.2) is 5.82 Å². The summed E-state index contributed by atoms with van der Waals surface area (Å²) in [6.45, 7) is 0. The van der Waals surface area contributed by atoms with Crippen LogP contribution < -0.4 is 5.32 Å². The van der Waals surface area contributed by atoms with E-state index < -0.39 is 0 Å². The van der Waals surface area contributed by atoms with Gasteiger partial charge in [-0.25, -0.2) is 0 Å². The highest BCUT2D eigenvalue weighted by atomic mass is 16.1. The van der Waals surface area contributed by atoms with Gasteiger partial charge in [0.2, 0.25) is 5.91 Å². The van der Waals surface area contributed by atoms with Crippen LogP contribution in [0.25, 0.3) is 0 Å². The van der Waals surface area contributed by atoms with Gasteiger partial charge < -0.3 is 5.32 Å². The van der Waals surface area contributed by atoms with Crippen LogP contribution in [0.4, 0.5) is 5.82 Å². The van der Waals surface area contributed by atoms with Crippen molar-refractivity contribution in [3.05, 3.63) is 59.6 Å². The Balaban J connectivity index is 1.58. The summed E-state index contributed by atoms with van der Waals surface area (Å²) in [6, 6.07) is 11.2. The minimum atomic E-state index is -0.171. The minimum Gasteiger partial charge on any atom is -0.309 e. The number of nitrogens with one attached hydrogen (secondary N) is 1. The molecule has 0 aromatic carbocycles. The summed E-state index contributed by atoms with van der Waals surface area (Å²) in [5, 5.41) is 19.8. The second kappa shape index (κ2) is 7.47. The number of carbonyl (C=O) groups is 1. The van der Waals surface area contributed by atoms with Gasteiger partial charge in [-0.1, -0.05) is 11.6 Å². The molecular formula is C18H17N5O. The van der Waals surface area contributed by atoms with E-state index in [9.17, 15) is 4.79 Å². The molecule has 1 atom stereocenters. The van der Waals surface area contributed by atoms with Gasteiger partial charge in [0.1, 0.15) is 0 Å². The van der Waals surface area contributed by atoms with Gasteiger partial charge >= 0.3 is 0 Å². The second-order valence-electron chi connectivity index (χ2n) is 5.76. The van der Waals surface area contributed by atoms with E-state index in [1.807, 2.05) is 18.2 Å². The number of pyridine rings is 1. The Labute approximate surface area is 140 Å². The fourth-order valence-electron chi connectivity index (χ4n) is 2.84. The highest BCUT2D eigenvalue weighted by Gasteiger charge is 2.22. The zero-order valence-electron chi connectivity index (χ0n) is 13.1. The number of hydrogen-bond acceptors (Lipinski definition) is 5. The molecule has 1 aliphatic rings. The maximum atomic E-state index is 12.0. The molecule has 1 aliphatic carbocycles. The van der Waals surface area contributed by atoms with Crippen molar-refractivity contribution in [2.24, 2.45) is 0 Å². The van der Waals surface area contributed by atoms with Crippen molar-refractivity contribution in [3.63, 3.8) is 0 Å². The molecular weight excluding hydrogens is 302 g/mol. The molecule has 0 radical (unpaired) electrons. The lowest BCUT2D eigenvalue weighted by atomic mass is 10.0. The second-order valence-corrected chi connectivity index (χ2v) is 5.76. The molecule has 1 N–H and O–H groups in total. The average Bonchev–Trinajstić information content (AvgIpc) is 3.05. The molecule has 24 heavy (non-hydrogen) atoms. The summed E-state index contributed by atoms with van der Waals surface area (Å²) in [5.74, 6) is 0.566. The van der Waals surface area contributed by atoms with E-state index in [0.29, 0.717) is 17.4 Å². The predicted molar refractivity (Wildman–Crippen MR) is 88.9 cm³/mol. The fraction of sp³-hybridized carbons (Fsp3) is 0.278. The Morgan fingerprint density at radius 1 is 1.33 bits per heavy atom. The molecule has 2 aromatic heterocycles. The molecule has 0 bridgehead atoms. The molecule has 6 heteroatoms. The molecule has 120 valence electrons. The molecule has 1 unspecified atom stereocenters. The third kappa shape index (κ3) is 4.02. The van der Waals surface area contributed by atoms with Crippen molar-refractivity contribution in [3.8, 4) is 6.07 Å². The van der Waals surface area contributed by atoms with E-state index in [4.69, 9.17) is 5.26 Å². The molecule has 0 saturated heterocycles. The van der Waals surface area contributed by atoms with Crippen molar-refractivity contribution in [1.82, 2.24) is 15.2 Å². The van der Waals surface area contributed by atoms with Gasteiger partial charge in [0.25, 0.3) is 0 Å². The first-order valence-electron chi connectivity index (χ1n) is 7.85. The third-order valence-corrected chi connectivity index (χ3v) is 4.03. The van der Waals surface area contributed by atoms with Crippen LogP contribution in [-0.2, 0) is 11.2 Å². The SMILES string of the molecule is N#CC=C1CCC(c2ccc(NC(=O)Cc3ccccn3)nn2)C1. The van der Waals surface area contributed by atoms with E-state index >= 15 is 0 Å². The van der Waals surface area contributed by atoms with Crippen LogP contribution in [-0.4, -0.2) is 21.1 Å². The molecule has 3 rings (SSSR count). The Morgan fingerprint density at radius 2 is 2.25 bits per heavy atom. The number of anilines is 1. The minimum absolute atomic E-state index is 0.171. The zero-order chi connectivity index (χ0) is 16.8. The first-order valence-corrected chi connectivity index (χ1v) is 7.85. The van der Waals surface area contributed by atoms with Crippen LogP contribution in [0.15, 0.2) is 48.2 Å². The summed E-state index contributed by atoms with van der Waals surface area (Å²) in [5.41, 5.74) is 2.78. The fourth-order valence-corrected chi connectivity index (χ4v) is 2.84. The van der Waals surface area contributed by atoms with Gasteiger partial charge in [-0.2, -0.15) is 10.4 Å². The lowest BCUT2D eigenvalue weighted by Crippen LogP contribution is -2.16. The topological polar surface area (TPSA) is 91.6 Å². The standard InChI is InChI=1S/C18H17N5O/c19-9-8-13-4-5-14(11-13)16-6-7-17(23-22-16)21-18(24)12-15-3-1-2-10-20-15/h1-3,6-8,10,14H,4-5,11-12H2,(H,21,23,24). The van der Waals surface area contributed by atoms with Gasteiger partial charge in [-0.05, 0) is 43.5 Å². The van der Waals surface area contributed by atoms with E-state index in [0.717, 1.165) is 30.5 Å². The average molecular weight is 319 g/mol. The van der Waals surface area contributed by atoms with Gasteiger partial charge in [-0.3, -0.25) is 9.78 Å². The highest BCUT2D eigenvalue weighted by Crippen LogP contribution is 2.36. The monoisotopic (exact) mass is 319 g/mol. The highest BCUT2D eigenvalue weighted by molar-refractivity contribution is 5.91. The lowest BCUT2D eigenvalue weighted by Gasteiger charge is -2.08. The molecule has 2 aromatic rings. The van der Waals surface area contributed by atoms with Gasteiger partial charge in [-0.15, -0.1) is 5.10 Å². The van der Waals surface area contributed by atoms with Crippen LogP contribution in [0, 0.1) is 11.3 Å². The Hall–Kier alpha value is -3.07. The first kappa shape index (κ1) is 15.8. The number of nitriles is 1. The summed E-state index contributed by atoms with van der Waals surface area (Å²) < 4.78 is 0. The molecule has 0 spiro atoms. The number of aromatic nitrogens is 3. The molecule has 0 aliphatic heterocycles. The first-order chi connectivity index (χ1) is 11.7. The Morgan fingerprint density at radius 3 is 2.96 bits per heavy atom. The maximum Gasteiger partial charge on any atom is 0.231 e. The Bertz CT molecular complexity index is 777. The van der Waals surface area contributed by atoms with Crippen LogP contribution in [0.2, 0.25) is 0 Å². The molecule has 1 fully saturated rings. The van der Waals surface area contributed by atoms with E-state index in [2.05, 4.69) is 26.6 Å². The van der Waals surface area contributed by atoms with Gasteiger partial charge in [0.05, 0.1) is 18.2 Å². The van der Waals surface area contributed by atoms with Crippen molar-refractivity contribution >= 4 is 11.7 Å². The Kier molecular flexibility index (Phi) is 4.92. The third-order valence-electron chi connectivity index (χ3n) is 4.03. The summed E-state index contributed by atoms with van der Waals surface area (Å²) in [4.78, 5) is 16.1. The molecule has 6 nitrogen and oxygen atoms in total. The smallest absolute Gasteiger partial charge is 0.231 e.